The monoisotopic (exact) mass is 1410 g/mol. The number of esters is 1. The van der Waals surface area contributed by atoms with E-state index in [0.717, 1.165) is 25.7 Å². The Kier molecular flexibility index (Phi) is 42.5. The molecule has 0 aliphatic carbocycles. The van der Waals surface area contributed by atoms with E-state index in [1.165, 1.54) is 26.0 Å². The fourth-order valence-electron chi connectivity index (χ4n) is 13.6. The topological polar surface area (TPSA) is 473 Å². The summed E-state index contributed by atoms with van der Waals surface area (Å²) in [5, 5.41) is 201. The minimum Gasteiger partial charge on any atom is -0.513 e. The van der Waals surface area contributed by atoms with E-state index >= 15 is 0 Å². The van der Waals surface area contributed by atoms with Crippen LogP contribution in [-0.2, 0) is 19.0 Å². The summed E-state index contributed by atoms with van der Waals surface area (Å²) in [7, 11) is 0. The lowest BCUT2D eigenvalue weighted by Crippen LogP contribution is -2.60. The summed E-state index contributed by atoms with van der Waals surface area (Å²) in [5.74, 6) is -6.71. The molecular weight excluding hydrogens is 1270 g/mol. The van der Waals surface area contributed by atoms with Crippen molar-refractivity contribution in [3.8, 4) is 0 Å². The molecular formula is C73H135N3O22. The summed E-state index contributed by atoms with van der Waals surface area (Å²) in [6, 6.07) is 0. The Morgan fingerprint density at radius 3 is 1.74 bits per heavy atom. The average molecular weight is 1410 g/mol. The summed E-state index contributed by atoms with van der Waals surface area (Å²) in [4.78, 5) is 17.6. The van der Waals surface area contributed by atoms with E-state index in [1.54, 1.807) is 48.5 Å². The van der Waals surface area contributed by atoms with Gasteiger partial charge in [-0.15, -0.1) is 0 Å². The minimum absolute atomic E-state index is 0.0161. The Labute approximate surface area is 584 Å². The molecule has 98 heavy (non-hydrogen) atoms. The van der Waals surface area contributed by atoms with E-state index in [2.05, 4.69) is 4.99 Å². The van der Waals surface area contributed by atoms with Crippen LogP contribution in [0.25, 0.3) is 0 Å². The zero-order valence-corrected chi connectivity index (χ0v) is 61.0. The van der Waals surface area contributed by atoms with E-state index < -0.39 is 158 Å². The number of rotatable bonds is 11. The second-order valence-corrected chi connectivity index (χ2v) is 29.7. The SMILES string of the molecule is CC1=C(O)C(C)C/C=C(/O)CC(O)C(C)C(O)C(O[C@H]2O[C@H](CO)[C@@H](O)[C@H](O)[C@@H]2O)CC(C)=C(O)C(C)CC(C)C(O)C(C)CCCCC(O)C(C)C(O)CCCCCC(=O)OC(C(C)CCCCCCN=C(N)N)C(C)C(O)CC(O)CC(O)C(C)C(O)C(C)C(O)C=C(O)CC1. The van der Waals surface area contributed by atoms with Crippen molar-refractivity contribution in [2.75, 3.05) is 13.2 Å². The van der Waals surface area contributed by atoms with Gasteiger partial charge in [-0.3, -0.25) is 9.79 Å². The molecule has 574 valence electrons. The Morgan fingerprint density at radius 1 is 0.561 bits per heavy atom. The highest BCUT2D eigenvalue weighted by Crippen LogP contribution is 2.35. The number of allylic oxidation sites excluding steroid dienone is 5. The maximum atomic E-state index is 13.5. The van der Waals surface area contributed by atoms with Gasteiger partial charge in [-0.05, 0) is 126 Å². The maximum Gasteiger partial charge on any atom is 0.306 e. The molecule has 0 bridgehead atoms. The predicted octanol–water partition coefficient (Wildman–Crippen LogP) is 6.47. The number of hydrogen-bond donors (Lipinski definition) is 20. The minimum atomic E-state index is -1.85. The first-order valence-corrected chi connectivity index (χ1v) is 36.4. The zero-order chi connectivity index (χ0) is 74.4. The smallest absolute Gasteiger partial charge is 0.306 e. The van der Waals surface area contributed by atoms with Crippen molar-refractivity contribution < 1.29 is 111 Å². The van der Waals surface area contributed by atoms with Crippen LogP contribution in [0.3, 0.4) is 0 Å². The van der Waals surface area contributed by atoms with Crippen molar-refractivity contribution in [2.24, 2.45) is 75.6 Å². The lowest BCUT2D eigenvalue weighted by atomic mass is 9.82. The van der Waals surface area contributed by atoms with Crippen molar-refractivity contribution in [3.05, 3.63) is 46.3 Å². The van der Waals surface area contributed by atoms with Crippen LogP contribution < -0.4 is 11.5 Å². The third-order valence-corrected chi connectivity index (χ3v) is 21.2. The lowest BCUT2D eigenvalue weighted by molar-refractivity contribution is -0.318. The van der Waals surface area contributed by atoms with E-state index in [9.17, 15) is 96.7 Å². The molecule has 22 N–H and O–H groups in total. The molecule has 0 radical (unpaired) electrons. The average Bonchev–Trinajstić information content (AvgIpc) is 0.808. The standard InChI is InChI=1S/C73H135N3O22/c1-39-22-19-20-25-55(82)46(8)54(81)24-17-15-18-26-62(87)98-71(42(4)23-16-13-14-21-31-76-73(74)75)50(12)59(86)37-53(80)36-58(85)48(10)66(91)47(9)56(83)34-51(78)29-27-40(2)63(88)41(3)28-30-52(79)35-57(84)49(11)67(92)60(33-45(7)65(90)44(6)32-43(5)64(39)89)96-72-70(95)69(94)68(93)61(38-77)97-72/h30,34,39,41-44,46-50,53-61,64,66-72,77-86,88-95H,13-29,31-33,35-38H2,1-12H3,(H4,74,75,76)/b51-34?,52-30+,63-40?,65-45?/t39?,41?,42?,43?,44?,46?,47?,48?,49?,50?,53?,54?,55?,56?,57?,58?,59?,60?,61-,64?,66?,67?,68-,69+,70+,71?,72+/m1/s1. The van der Waals surface area contributed by atoms with Gasteiger partial charge >= 0.3 is 5.97 Å². The van der Waals surface area contributed by atoms with Crippen LogP contribution in [0.1, 0.15) is 224 Å². The number of guanidine groups is 1. The molecule has 1 fully saturated rings. The van der Waals surface area contributed by atoms with E-state index in [-0.39, 0.29) is 98.1 Å². The third-order valence-electron chi connectivity index (χ3n) is 21.2. The number of aliphatic imine (C=N–C) groups is 1. The second-order valence-electron chi connectivity index (χ2n) is 29.7. The largest absolute Gasteiger partial charge is 0.513 e. The van der Waals surface area contributed by atoms with Crippen LogP contribution in [-0.4, -0.2) is 221 Å². The third kappa shape index (κ3) is 31.1. The quantitative estimate of drug-likeness (QED) is 0.0456. The number of hydrogen-bond acceptors (Lipinski definition) is 23. The van der Waals surface area contributed by atoms with Gasteiger partial charge in [0, 0.05) is 73.7 Å². The molecule has 2 heterocycles. The normalized spacial score (nSPS) is 39.4. The van der Waals surface area contributed by atoms with E-state index in [4.69, 9.17) is 25.7 Å². The molecule has 0 aromatic heterocycles. The summed E-state index contributed by atoms with van der Waals surface area (Å²) >= 11 is 0. The first kappa shape index (κ1) is 90.3. The van der Waals surface area contributed by atoms with Crippen LogP contribution in [0.2, 0.25) is 0 Å². The summed E-state index contributed by atoms with van der Waals surface area (Å²) < 4.78 is 17.9. The Morgan fingerprint density at radius 2 is 1.13 bits per heavy atom. The van der Waals surface area contributed by atoms with Gasteiger partial charge in [0.15, 0.2) is 12.2 Å². The molecule has 0 amide bonds. The van der Waals surface area contributed by atoms with Gasteiger partial charge < -0.3 is 118 Å². The van der Waals surface area contributed by atoms with Gasteiger partial charge in [-0.25, -0.2) is 0 Å². The molecule has 1 saturated heterocycles. The molecule has 27 atom stereocenters. The van der Waals surface area contributed by atoms with Gasteiger partial charge in [0.25, 0.3) is 0 Å². The van der Waals surface area contributed by atoms with Gasteiger partial charge in [0.1, 0.15) is 30.5 Å². The van der Waals surface area contributed by atoms with Crippen LogP contribution >= 0.6 is 0 Å². The van der Waals surface area contributed by atoms with Gasteiger partial charge in [-0.2, -0.15) is 0 Å². The molecule has 2 rings (SSSR count). The first-order valence-electron chi connectivity index (χ1n) is 36.4. The summed E-state index contributed by atoms with van der Waals surface area (Å²) in [6.45, 7) is 20.4. The molecule has 25 nitrogen and oxygen atoms in total. The van der Waals surface area contributed by atoms with Gasteiger partial charge in [0.2, 0.25) is 0 Å². The number of aliphatic hydroxyl groups is 18. The van der Waals surface area contributed by atoms with Crippen LogP contribution in [0.15, 0.2) is 51.3 Å². The number of carbonyl (C=O) groups is 1. The van der Waals surface area contributed by atoms with Crippen molar-refractivity contribution in [1.82, 2.24) is 0 Å². The molecule has 0 saturated carbocycles. The number of cyclic esters (lactones) is 1. The molecule has 2 aliphatic heterocycles. The van der Waals surface area contributed by atoms with Gasteiger partial charge in [0.05, 0.1) is 96.8 Å². The van der Waals surface area contributed by atoms with Crippen LogP contribution in [0.4, 0.5) is 0 Å². The van der Waals surface area contributed by atoms with E-state index in [1.807, 2.05) is 20.8 Å². The molecule has 22 unspecified atom stereocenters. The number of unbranched alkanes of at least 4 members (excludes halogenated alkanes) is 3. The molecule has 2 aliphatic rings. The fourth-order valence-corrected chi connectivity index (χ4v) is 13.6. The molecule has 0 spiro atoms. The van der Waals surface area contributed by atoms with E-state index in [0.29, 0.717) is 81.9 Å². The summed E-state index contributed by atoms with van der Waals surface area (Å²) in [6.07, 6.45) is -11.6. The number of aliphatic hydroxyl groups excluding tert-OH is 18. The Hall–Kier alpha value is -3.74. The van der Waals surface area contributed by atoms with Crippen molar-refractivity contribution in [1.29, 1.82) is 0 Å². The highest BCUT2D eigenvalue weighted by Gasteiger charge is 2.46. The second kappa shape index (κ2) is 46.1. The number of ether oxygens (including phenoxy) is 3. The van der Waals surface area contributed by atoms with Crippen LogP contribution in [0.5, 0.6) is 0 Å². The maximum absolute atomic E-state index is 13.5. The zero-order valence-electron chi connectivity index (χ0n) is 61.0. The number of nitrogens with zero attached hydrogens (tertiary/aromatic N) is 1. The number of nitrogens with two attached hydrogens (primary N) is 2. The highest BCUT2D eigenvalue weighted by atomic mass is 16.7. The van der Waals surface area contributed by atoms with Crippen molar-refractivity contribution in [3.63, 3.8) is 0 Å². The number of carbonyl (C=O) groups excluding carboxylic acids is 1. The molecule has 0 aromatic rings. The van der Waals surface area contributed by atoms with Crippen molar-refractivity contribution in [2.45, 2.75) is 328 Å². The Bertz CT molecular complexity index is 2390. The lowest BCUT2D eigenvalue weighted by Gasteiger charge is -2.42. The van der Waals surface area contributed by atoms with Crippen molar-refractivity contribution >= 4 is 11.9 Å². The summed E-state index contributed by atoms with van der Waals surface area (Å²) in [5.41, 5.74) is 11.8. The highest BCUT2D eigenvalue weighted by molar-refractivity contribution is 5.75. The molecule has 25 heteroatoms. The molecule has 0 aromatic carbocycles. The first-order chi connectivity index (χ1) is 45.9. The van der Waals surface area contributed by atoms with Gasteiger partial charge in [-0.1, -0.05) is 114 Å². The fraction of sp³-hybridized carbons (Fsp3) is 0.863. The predicted molar refractivity (Wildman–Crippen MR) is 375 cm³/mol. The van der Waals surface area contributed by atoms with Crippen LogP contribution in [0, 0.1) is 59.2 Å². The Balaban J connectivity index is 2.44.